The summed E-state index contributed by atoms with van der Waals surface area (Å²) >= 11 is 12.1. The number of para-hydroxylation sites is 1. The van der Waals surface area contributed by atoms with Crippen molar-refractivity contribution in [1.29, 1.82) is 0 Å². The second-order valence-electron chi connectivity index (χ2n) is 6.31. The second kappa shape index (κ2) is 8.63. The van der Waals surface area contributed by atoms with E-state index in [1.165, 1.54) is 6.20 Å². The Bertz CT molecular complexity index is 1080. The molecular formula is C20H18Cl2N4O3. The van der Waals surface area contributed by atoms with Crippen LogP contribution in [0.2, 0.25) is 10.0 Å². The molecule has 3 aromatic rings. The minimum absolute atomic E-state index is 0.152. The molecule has 9 heteroatoms. The topological polar surface area (TPSA) is 86.1 Å². The fourth-order valence-corrected chi connectivity index (χ4v) is 3.16. The van der Waals surface area contributed by atoms with Gasteiger partial charge in [0.2, 0.25) is 0 Å². The van der Waals surface area contributed by atoms with E-state index in [0.717, 1.165) is 5.69 Å². The van der Waals surface area contributed by atoms with Crippen molar-refractivity contribution in [1.82, 2.24) is 14.8 Å². The fraction of sp³-hybridized carbons (Fsp3) is 0.200. The molecule has 0 bridgehead atoms. The molecule has 0 aliphatic carbocycles. The lowest BCUT2D eigenvalue weighted by Gasteiger charge is -2.10. The van der Waals surface area contributed by atoms with Gasteiger partial charge in [-0.05, 0) is 38.5 Å². The zero-order chi connectivity index (χ0) is 21.1. The van der Waals surface area contributed by atoms with Crippen LogP contribution in [0.3, 0.4) is 0 Å². The van der Waals surface area contributed by atoms with Crippen molar-refractivity contribution in [3.8, 4) is 5.69 Å². The van der Waals surface area contributed by atoms with Gasteiger partial charge in [0.1, 0.15) is 5.56 Å². The van der Waals surface area contributed by atoms with Gasteiger partial charge in [-0.2, -0.15) is 5.10 Å². The van der Waals surface area contributed by atoms with Crippen molar-refractivity contribution in [3.05, 3.63) is 69.1 Å². The van der Waals surface area contributed by atoms with Crippen molar-refractivity contribution < 1.29 is 14.3 Å². The van der Waals surface area contributed by atoms with Crippen LogP contribution in [0.4, 0.5) is 5.82 Å². The number of rotatable bonds is 5. The number of aromatic nitrogens is 3. The maximum Gasteiger partial charge on any atom is 0.342 e. The largest absolute Gasteiger partial charge is 0.452 e. The van der Waals surface area contributed by atoms with Crippen LogP contribution >= 0.6 is 23.2 Å². The molecule has 3 rings (SSSR count). The molecule has 0 spiro atoms. The number of hydrogen-bond donors (Lipinski definition) is 1. The van der Waals surface area contributed by atoms with Gasteiger partial charge in [0, 0.05) is 6.20 Å². The quantitative estimate of drug-likeness (QED) is 0.607. The number of aryl methyl sites for hydroxylation is 1. The highest BCUT2D eigenvalue weighted by atomic mass is 35.5. The molecule has 0 aliphatic heterocycles. The van der Waals surface area contributed by atoms with Crippen LogP contribution in [0.25, 0.3) is 5.69 Å². The summed E-state index contributed by atoms with van der Waals surface area (Å²) in [6.45, 7) is 4.69. The van der Waals surface area contributed by atoms with Gasteiger partial charge >= 0.3 is 5.97 Å². The maximum atomic E-state index is 12.5. The standard InChI is InChI=1S/C20H18Cl2N4O3/c1-11-15(21)9-23-19(18(11)22)24-16(27)10-29-20(28)17-12(2)25-26(13(17)3)14-7-5-4-6-8-14/h4-9H,10H2,1-3H3,(H,23,24,27). The van der Waals surface area contributed by atoms with E-state index in [1.54, 1.807) is 25.5 Å². The molecule has 1 N–H and O–H groups in total. The van der Waals surface area contributed by atoms with Crippen LogP contribution in [-0.4, -0.2) is 33.2 Å². The highest BCUT2D eigenvalue weighted by molar-refractivity contribution is 6.37. The third-order valence-corrected chi connectivity index (χ3v) is 5.13. The lowest BCUT2D eigenvalue weighted by molar-refractivity contribution is -0.119. The third kappa shape index (κ3) is 4.41. The van der Waals surface area contributed by atoms with Crippen LogP contribution in [0.5, 0.6) is 0 Å². The van der Waals surface area contributed by atoms with E-state index in [9.17, 15) is 9.59 Å². The highest BCUT2D eigenvalue weighted by Gasteiger charge is 2.22. The van der Waals surface area contributed by atoms with Gasteiger partial charge in [-0.1, -0.05) is 41.4 Å². The Morgan fingerprint density at radius 3 is 2.52 bits per heavy atom. The minimum Gasteiger partial charge on any atom is -0.452 e. The normalized spacial score (nSPS) is 10.7. The number of carbonyl (C=O) groups is 2. The predicted molar refractivity (Wildman–Crippen MR) is 111 cm³/mol. The van der Waals surface area contributed by atoms with E-state index in [2.05, 4.69) is 15.4 Å². The third-order valence-electron chi connectivity index (χ3n) is 4.29. The van der Waals surface area contributed by atoms with Gasteiger partial charge in [0.15, 0.2) is 12.4 Å². The molecule has 1 aromatic carbocycles. The molecule has 0 saturated carbocycles. The van der Waals surface area contributed by atoms with Crippen molar-refractivity contribution in [3.63, 3.8) is 0 Å². The zero-order valence-corrected chi connectivity index (χ0v) is 17.5. The van der Waals surface area contributed by atoms with Crippen molar-refractivity contribution in [2.75, 3.05) is 11.9 Å². The Balaban J connectivity index is 1.69. The van der Waals surface area contributed by atoms with Gasteiger partial charge in [-0.25, -0.2) is 14.5 Å². The Morgan fingerprint density at radius 2 is 1.83 bits per heavy atom. The number of hydrogen-bond acceptors (Lipinski definition) is 5. The fourth-order valence-electron chi connectivity index (χ4n) is 2.77. The van der Waals surface area contributed by atoms with E-state index in [4.69, 9.17) is 27.9 Å². The van der Waals surface area contributed by atoms with Gasteiger partial charge in [-0.15, -0.1) is 0 Å². The first-order chi connectivity index (χ1) is 13.8. The zero-order valence-electron chi connectivity index (χ0n) is 16.0. The van der Waals surface area contributed by atoms with E-state index < -0.39 is 18.5 Å². The summed E-state index contributed by atoms with van der Waals surface area (Å²) in [6.07, 6.45) is 1.38. The van der Waals surface area contributed by atoms with Crippen LogP contribution in [-0.2, 0) is 9.53 Å². The van der Waals surface area contributed by atoms with Gasteiger partial charge in [0.25, 0.3) is 5.91 Å². The van der Waals surface area contributed by atoms with Gasteiger partial charge in [-0.3, -0.25) is 4.79 Å². The smallest absolute Gasteiger partial charge is 0.342 e. The van der Waals surface area contributed by atoms with Crippen LogP contribution < -0.4 is 5.32 Å². The van der Waals surface area contributed by atoms with E-state index in [1.807, 2.05) is 30.3 Å². The first-order valence-corrected chi connectivity index (χ1v) is 9.44. The molecule has 7 nitrogen and oxygen atoms in total. The average Bonchev–Trinajstić information content (AvgIpc) is 3.01. The van der Waals surface area contributed by atoms with Crippen molar-refractivity contribution in [2.45, 2.75) is 20.8 Å². The monoisotopic (exact) mass is 432 g/mol. The summed E-state index contributed by atoms with van der Waals surface area (Å²) in [6, 6.07) is 9.42. The Hall–Kier alpha value is -2.90. The summed E-state index contributed by atoms with van der Waals surface area (Å²) in [7, 11) is 0. The first-order valence-electron chi connectivity index (χ1n) is 8.68. The first kappa shape index (κ1) is 20.8. The molecule has 0 aliphatic rings. The number of amides is 1. The van der Waals surface area contributed by atoms with E-state index >= 15 is 0 Å². The SMILES string of the molecule is Cc1nn(-c2ccccc2)c(C)c1C(=O)OCC(=O)Nc1ncc(Cl)c(C)c1Cl. The highest BCUT2D eigenvalue weighted by Crippen LogP contribution is 2.28. The molecule has 2 aromatic heterocycles. The summed E-state index contributed by atoms with van der Waals surface area (Å²) in [5.74, 6) is -1.05. The number of carbonyl (C=O) groups excluding carboxylic acids is 2. The van der Waals surface area contributed by atoms with Crippen LogP contribution in [0, 0.1) is 20.8 Å². The summed E-state index contributed by atoms with van der Waals surface area (Å²) in [5, 5.41) is 7.53. The number of halogens is 2. The average molecular weight is 433 g/mol. The molecule has 0 unspecified atom stereocenters. The molecule has 1 amide bonds. The molecule has 150 valence electrons. The molecule has 0 atom stereocenters. The van der Waals surface area contributed by atoms with E-state index in [0.29, 0.717) is 27.5 Å². The molecule has 0 saturated heterocycles. The Morgan fingerprint density at radius 1 is 1.14 bits per heavy atom. The predicted octanol–water partition coefficient (Wildman–Crippen LogP) is 4.29. The Kier molecular flexibility index (Phi) is 6.20. The number of nitrogens with zero attached hydrogens (tertiary/aromatic N) is 3. The van der Waals surface area contributed by atoms with E-state index in [-0.39, 0.29) is 10.8 Å². The molecule has 0 radical (unpaired) electrons. The second-order valence-corrected chi connectivity index (χ2v) is 7.10. The number of nitrogens with one attached hydrogen (secondary N) is 1. The maximum absolute atomic E-state index is 12.5. The molecular weight excluding hydrogens is 415 g/mol. The van der Waals surface area contributed by atoms with Gasteiger partial charge in [0.05, 0.1) is 27.1 Å². The van der Waals surface area contributed by atoms with Crippen molar-refractivity contribution in [2.24, 2.45) is 0 Å². The summed E-state index contributed by atoms with van der Waals surface area (Å²) in [5.41, 5.74) is 2.87. The van der Waals surface area contributed by atoms with Crippen molar-refractivity contribution >= 4 is 40.9 Å². The number of ether oxygens (including phenoxy) is 1. The van der Waals surface area contributed by atoms with Gasteiger partial charge < -0.3 is 10.1 Å². The van der Waals surface area contributed by atoms with Crippen LogP contribution in [0.15, 0.2) is 36.5 Å². The number of pyridine rings is 1. The number of anilines is 1. The Labute approximate surface area is 177 Å². The molecule has 29 heavy (non-hydrogen) atoms. The number of esters is 1. The minimum atomic E-state index is -0.635. The van der Waals surface area contributed by atoms with Crippen LogP contribution in [0.1, 0.15) is 27.3 Å². The number of benzene rings is 1. The lowest BCUT2D eigenvalue weighted by Crippen LogP contribution is -2.22. The summed E-state index contributed by atoms with van der Waals surface area (Å²) in [4.78, 5) is 28.7. The molecule has 0 fully saturated rings. The lowest BCUT2D eigenvalue weighted by atomic mass is 10.2. The molecule has 2 heterocycles. The summed E-state index contributed by atoms with van der Waals surface area (Å²) < 4.78 is 6.82.